The number of nitrogens with one attached hydrogen (secondary N) is 1. The Hall–Kier alpha value is -1.89. The van der Waals surface area contributed by atoms with Crippen molar-refractivity contribution in [2.24, 2.45) is 5.92 Å². The molecule has 1 aliphatic rings. The summed E-state index contributed by atoms with van der Waals surface area (Å²) < 4.78 is 5.09. The van der Waals surface area contributed by atoms with Crippen LogP contribution in [-0.2, 0) is 14.3 Å². The Kier molecular flexibility index (Phi) is 5.64. The number of rotatable bonds is 5. The third kappa shape index (κ3) is 3.61. The summed E-state index contributed by atoms with van der Waals surface area (Å²) >= 11 is 1.36. The van der Waals surface area contributed by atoms with E-state index in [2.05, 4.69) is 5.32 Å². The number of carbonyl (C=O) groups excluding carboxylic acids is 3. The summed E-state index contributed by atoms with van der Waals surface area (Å²) in [6, 6.07) is 0.0802. The normalized spacial score (nSPS) is 17.5. The van der Waals surface area contributed by atoms with E-state index in [1.54, 1.807) is 11.8 Å². The van der Waals surface area contributed by atoms with Gasteiger partial charge in [-0.15, -0.1) is 11.3 Å². The molecule has 2 heterocycles. The van der Waals surface area contributed by atoms with Crippen LogP contribution in [-0.4, -0.2) is 41.9 Å². The molecule has 1 saturated heterocycles. The average molecular weight is 352 g/mol. The van der Waals surface area contributed by atoms with Crippen LogP contribution in [0.4, 0.5) is 5.00 Å². The number of nitrogens with zero attached hydrogens (tertiary/aromatic N) is 1. The van der Waals surface area contributed by atoms with Crippen LogP contribution in [0.25, 0.3) is 0 Å². The van der Waals surface area contributed by atoms with Crippen molar-refractivity contribution in [3.63, 3.8) is 0 Å². The van der Waals surface area contributed by atoms with Gasteiger partial charge in [-0.3, -0.25) is 9.59 Å². The van der Waals surface area contributed by atoms with E-state index in [4.69, 9.17) is 4.74 Å². The van der Waals surface area contributed by atoms with Crippen molar-refractivity contribution >= 4 is 34.1 Å². The predicted octanol–water partition coefficient (Wildman–Crippen LogP) is 2.74. The number of aryl methyl sites for hydroxylation is 1. The first-order chi connectivity index (χ1) is 11.3. The fraction of sp³-hybridized carbons (Fsp3) is 0.588. The van der Waals surface area contributed by atoms with Crippen LogP contribution in [0.1, 0.15) is 48.0 Å². The van der Waals surface area contributed by atoms with Gasteiger partial charge in [0.1, 0.15) is 5.00 Å². The fourth-order valence-corrected chi connectivity index (χ4v) is 3.84. The maximum absolute atomic E-state index is 12.5. The van der Waals surface area contributed by atoms with Crippen LogP contribution in [0.15, 0.2) is 0 Å². The Morgan fingerprint density at radius 2 is 2.04 bits per heavy atom. The van der Waals surface area contributed by atoms with Crippen molar-refractivity contribution in [2.45, 2.75) is 47.1 Å². The summed E-state index contributed by atoms with van der Waals surface area (Å²) in [6.45, 7) is 10.0. The van der Waals surface area contributed by atoms with Gasteiger partial charge in [0.15, 0.2) is 0 Å². The molecular formula is C17H24N2O4S. The smallest absolute Gasteiger partial charge is 0.341 e. The molecule has 6 nitrogen and oxygen atoms in total. The Morgan fingerprint density at radius 1 is 1.38 bits per heavy atom. The lowest BCUT2D eigenvalue weighted by Gasteiger charge is -2.20. The zero-order valence-corrected chi connectivity index (χ0v) is 15.6. The number of carbonyl (C=O) groups is 3. The zero-order valence-electron chi connectivity index (χ0n) is 14.8. The molecule has 1 N–H and O–H groups in total. The number of hydrogen-bond acceptors (Lipinski definition) is 5. The maximum atomic E-state index is 12.5. The molecule has 1 aliphatic heterocycles. The van der Waals surface area contributed by atoms with E-state index in [0.29, 0.717) is 17.1 Å². The Bertz CT molecular complexity index is 666. The van der Waals surface area contributed by atoms with E-state index in [1.807, 2.05) is 27.7 Å². The van der Waals surface area contributed by atoms with Crippen LogP contribution < -0.4 is 5.32 Å². The first-order valence-electron chi connectivity index (χ1n) is 8.13. The van der Waals surface area contributed by atoms with Gasteiger partial charge in [0, 0.05) is 23.9 Å². The molecule has 1 atom stereocenters. The summed E-state index contributed by atoms with van der Waals surface area (Å²) in [4.78, 5) is 39.4. The van der Waals surface area contributed by atoms with Gasteiger partial charge in [0.05, 0.1) is 18.1 Å². The molecule has 0 aromatic carbocycles. The topological polar surface area (TPSA) is 75.7 Å². The van der Waals surface area contributed by atoms with Gasteiger partial charge >= 0.3 is 5.97 Å². The van der Waals surface area contributed by atoms with Crippen molar-refractivity contribution in [2.75, 3.05) is 18.5 Å². The van der Waals surface area contributed by atoms with E-state index in [1.165, 1.54) is 11.3 Å². The molecule has 2 amide bonds. The van der Waals surface area contributed by atoms with Crippen LogP contribution in [0.2, 0.25) is 0 Å². The van der Waals surface area contributed by atoms with Crippen LogP contribution in [0, 0.1) is 19.8 Å². The quantitative estimate of drug-likeness (QED) is 0.827. The summed E-state index contributed by atoms with van der Waals surface area (Å²) in [7, 11) is 0. The number of likely N-dealkylation sites (tertiary alicyclic amines) is 1. The molecule has 1 unspecified atom stereocenters. The first kappa shape index (κ1) is 18.4. The van der Waals surface area contributed by atoms with Crippen molar-refractivity contribution in [1.29, 1.82) is 0 Å². The second-order valence-corrected chi connectivity index (χ2v) is 7.46. The molecule has 7 heteroatoms. The number of ether oxygens (including phenoxy) is 1. The zero-order chi connectivity index (χ0) is 18.0. The van der Waals surface area contributed by atoms with E-state index in [-0.39, 0.29) is 30.9 Å². The summed E-state index contributed by atoms with van der Waals surface area (Å²) in [6.07, 6.45) is 0.210. The molecule has 0 saturated carbocycles. The predicted molar refractivity (Wildman–Crippen MR) is 93.3 cm³/mol. The number of anilines is 1. The molecule has 0 bridgehead atoms. The van der Waals surface area contributed by atoms with Gasteiger partial charge in [-0.2, -0.15) is 0 Å². The van der Waals surface area contributed by atoms with Gasteiger partial charge in [0.25, 0.3) is 0 Å². The Labute approximate surface area is 146 Å². The van der Waals surface area contributed by atoms with Gasteiger partial charge in [-0.25, -0.2) is 4.79 Å². The molecule has 24 heavy (non-hydrogen) atoms. The fourth-order valence-electron chi connectivity index (χ4n) is 2.78. The second kappa shape index (κ2) is 7.34. The Morgan fingerprint density at radius 3 is 2.58 bits per heavy atom. The lowest BCUT2D eigenvalue weighted by atomic mass is 10.1. The van der Waals surface area contributed by atoms with Gasteiger partial charge in [-0.1, -0.05) is 0 Å². The van der Waals surface area contributed by atoms with Crippen molar-refractivity contribution in [1.82, 2.24) is 4.90 Å². The van der Waals surface area contributed by atoms with E-state index >= 15 is 0 Å². The summed E-state index contributed by atoms with van der Waals surface area (Å²) in [5, 5.41) is 3.34. The minimum Gasteiger partial charge on any atom is -0.462 e. The molecule has 0 spiro atoms. The molecule has 0 aliphatic carbocycles. The van der Waals surface area contributed by atoms with Crippen LogP contribution >= 0.6 is 11.3 Å². The third-order valence-electron chi connectivity index (χ3n) is 4.25. The Balaban J connectivity index is 2.17. The van der Waals surface area contributed by atoms with E-state index < -0.39 is 11.9 Å². The molecular weight excluding hydrogens is 328 g/mol. The highest BCUT2D eigenvalue weighted by Crippen LogP contribution is 2.34. The van der Waals surface area contributed by atoms with Crippen LogP contribution in [0.3, 0.4) is 0 Å². The second-order valence-electron chi connectivity index (χ2n) is 6.24. The summed E-state index contributed by atoms with van der Waals surface area (Å²) in [5.74, 6) is -1.05. The number of hydrogen-bond donors (Lipinski definition) is 1. The van der Waals surface area contributed by atoms with Crippen molar-refractivity contribution in [3.05, 3.63) is 16.0 Å². The van der Waals surface area contributed by atoms with Crippen molar-refractivity contribution < 1.29 is 19.1 Å². The summed E-state index contributed by atoms with van der Waals surface area (Å²) in [5.41, 5.74) is 1.23. The molecule has 1 fully saturated rings. The largest absolute Gasteiger partial charge is 0.462 e. The van der Waals surface area contributed by atoms with Crippen molar-refractivity contribution in [3.8, 4) is 0 Å². The average Bonchev–Trinajstić information content (AvgIpc) is 3.01. The van der Waals surface area contributed by atoms with E-state index in [9.17, 15) is 14.4 Å². The highest BCUT2D eigenvalue weighted by molar-refractivity contribution is 7.16. The van der Waals surface area contributed by atoms with Gasteiger partial charge in [0.2, 0.25) is 11.8 Å². The lowest BCUT2D eigenvalue weighted by Crippen LogP contribution is -2.33. The first-order valence-corrected chi connectivity index (χ1v) is 8.95. The van der Waals surface area contributed by atoms with Gasteiger partial charge in [-0.05, 0) is 40.2 Å². The number of amides is 2. The SMILES string of the molecule is CCOC(=O)c1c(NC(=O)C2CC(=O)N(C(C)C)C2)sc(C)c1C. The molecule has 0 radical (unpaired) electrons. The minimum absolute atomic E-state index is 0.00527. The van der Waals surface area contributed by atoms with Gasteiger partial charge < -0.3 is 15.0 Å². The monoisotopic (exact) mass is 352 g/mol. The molecule has 1 aromatic heterocycles. The number of thiophene rings is 1. The van der Waals surface area contributed by atoms with E-state index in [0.717, 1.165) is 10.4 Å². The molecule has 132 valence electrons. The highest BCUT2D eigenvalue weighted by atomic mass is 32.1. The standard InChI is InChI=1S/C17H24N2O4S/c1-6-23-17(22)14-10(4)11(5)24-16(14)18-15(21)12-7-13(20)19(8-12)9(2)3/h9,12H,6-8H2,1-5H3,(H,18,21). The maximum Gasteiger partial charge on any atom is 0.341 e. The third-order valence-corrected chi connectivity index (χ3v) is 5.38. The molecule has 1 aromatic rings. The number of esters is 1. The highest BCUT2D eigenvalue weighted by Gasteiger charge is 2.36. The van der Waals surface area contributed by atoms with Crippen LogP contribution in [0.5, 0.6) is 0 Å². The molecule has 2 rings (SSSR count). The minimum atomic E-state index is -0.430. The lowest BCUT2D eigenvalue weighted by molar-refractivity contribution is -0.129.